The van der Waals surface area contributed by atoms with Crippen molar-refractivity contribution in [1.82, 2.24) is 25.1 Å². The molecule has 2 aromatic heterocycles. The average molecular weight is 442 g/mol. The number of benzene rings is 1. The van der Waals surface area contributed by atoms with Gasteiger partial charge in [-0.25, -0.2) is 4.79 Å². The highest BCUT2D eigenvalue weighted by atomic mass is 16.5. The molecule has 0 fully saturated rings. The second kappa shape index (κ2) is 10.6. The Morgan fingerprint density at radius 1 is 1.22 bits per heavy atom. The van der Waals surface area contributed by atoms with Crippen LogP contribution in [-0.4, -0.2) is 52.6 Å². The lowest BCUT2D eigenvalue weighted by atomic mass is 10.0. The summed E-state index contributed by atoms with van der Waals surface area (Å²) in [6.07, 6.45) is 3.68. The molecular formula is C21H26N6O5. The number of hydrogen-bond acceptors (Lipinski definition) is 7. The van der Waals surface area contributed by atoms with E-state index in [2.05, 4.69) is 15.4 Å². The summed E-state index contributed by atoms with van der Waals surface area (Å²) >= 11 is 0. The van der Waals surface area contributed by atoms with E-state index in [1.165, 1.54) is 0 Å². The summed E-state index contributed by atoms with van der Waals surface area (Å²) < 4.78 is 12.2. The van der Waals surface area contributed by atoms with E-state index in [0.29, 0.717) is 26.4 Å². The molecule has 0 aliphatic rings. The Hall–Kier alpha value is -3.70. The van der Waals surface area contributed by atoms with E-state index in [1.807, 2.05) is 35.4 Å². The topological polar surface area (TPSA) is 157 Å². The molecule has 1 unspecified atom stereocenters. The molecule has 11 heteroatoms. The van der Waals surface area contributed by atoms with E-state index in [9.17, 15) is 14.4 Å². The Kier molecular flexibility index (Phi) is 7.58. The first-order valence-corrected chi connectivity index (χ1v) is 10.0. The first kappa shape index (κ1) is 23.0. The minimum Gasteiger partial charge on any atom is -0.392 e. The van der Waals surface area contributed by atoms with Crippen molar-refractivity contribution in [1.29, 1.82) is 0 Å². The maximum absolute atomic E-state index is 12.5. The van der Waals surface area contributed by atoms with Crippen molar-refractivity contribution in [3.8, 4) is 11.1 Å². The van der Waals surface area contributed by atoms with Crippen LogP contribution in [0.25, 0.3) is 11.1 Å². The number of H-pyrrole nitrogens is 2. The van der Waals surface area contributed by atoms with Gasteiger partial charge in [0.15, 0.2) is 0 Å². The summed E-state index contributed by atoms with van der Waals surface area (Å²) in [5.41, 5.74) is 6.09. The zero-order chi connectivity index (χ0) is 23.1. The summed E-state index contributed by atoms with van der Waals surface area (Å²) in [7, 11) is 1.63. The maximum Gasteiger partial charge on any atom is 0.326 e. The third kappa shape index (κ3) is 5.71. The lowest BCUT2D eigenvalue weighted by Gasteiger charge is -2.15. The number of nitrogens with two attached hydrogens (primary N) is 1. The smallest absolute Gasteiger partial charge is 0.326 e. The first-order valence-electron chi connectivity index (χ1n) is 10.0. The average Bonchev–Trinajstić information content (AvgIpc) is 3.25. The highest BCUT2D eigenvalue weighted by Crippen LogP contribution is 2.23. The minimum atomic E-state index is -0.811. The van der Waals surface area contributed by atoms with Gasteiger partial charge >= 0.3 is 5.69 Å². The minimum absolute atomic E-state index is 0.268. The Bertz CT molecular complexity index is 1180. The van der Waals surface area contributed by atoms with Crippen LogP contribution in [0.15, 0.2) is 46.2 Å². The van der Waals surface area contributed by atoms with Gasteiger partial charge in [0.2, 0.25) is 0 Å². The predicted molar refractivity (Wildman–Crippen MR) is 118 cm³/mol. The van der Waals surface area contributed by atoms with Crippen LogP contribution in [0.2, 0.25) is 0 Å². The molecule has 1 atom stereocenters. The molecule has 5 N–H and O–H groups in total. The number of methoxy groups -OCH3 is 1. The third-order valence-corrected chi connectivity index (χ3v) is 4.80. The molecule has 0 saturated heterocycles. The van der Waals surface area contributed by atoms with Crippen molar-refractivity contribution in [3.63, 3.8) is 0 Å². The number of nitrogen functional groups attached to an aromatic ring is 1. The van der Waals surface area contributed by atoms with Gasteiger partial charge in [-0.15, -0.1) is 0 Å². The normalized spacial score (nSPS) is 11.9. The molecule has 1 aromatic carbocycles. The summed E-state index contributed by atoms with van der Waals surface area (Å²) in [6.45, 7) is 4.02. The number of aromatic amines is 2. The molecule has 0 bridgehead atoms. The van der Waals surface area contributed by atoms with E-state index in [0.717, 1.165) is 16.7 Å². The molecular weight excluding hydrogens is 416 g/mol. The van der Waals surface area contributed by atoms with Gasteiger partial charge in [-0.1, -0.05) is 18.2 Å². The molecule has 3 rings (SSSR count). The third-order valence-electron chi connectivity index (χ3n) is 4.80. The van der Waals surface area contributed by atoms with Crippen LogP contribution < -0.4 is 22.3 Å². The number of aromatic nitrogens is 4. The second-order valence-corrected chi connectivity index (χ2v) is 7.11. The van der Waals surface area contributed by atoms with Gasteiger partial charge in [-0.3, -0.25) is 19.3 Å². The molecule has 2 heterocycles. The Labute approximate surface area is 183 Å². The molecule has 0 saturated carbocycles. The molecule has 11 nitrogen and oxygen atoms in total. The predicted octanol–water partition coefficient (Wildman–Crippen LogP) is 0.663. The van der Waals surface area contributed by atoms with Crippen molar-refractivity contribution in [2.45, 2.75) is 19.5 Å². The lowest BCUT2D eigenvalue weighted by molar-refractivity contribution is 0.0654. The van der Waals surface area contributed by atoms with Crippen molar-refractivity contribution >= 4 is 11.6 Å². The fourth-order valence-electron chi connectivity index (χ4n) is 3.05. The van der Waals surface area contributed by atoms with Crippen LogP contribution in [-0.2, 0) is 16.0 Å². The van der Waals surface area contributed by atoms with Crippen LogP contribution in [0, 0.1) is 0 Å². The van der Waals surface area contributed by atoms with E-state index in [1.54, 1.807) is 24.9 Å². The molecule has 0 aliphatic carbocycles. The highest BCUT2D eigenvalue weighted by Gasteiger charge is 2.17. The van der Waals surface area contributed by atoms with Gasteiger partial charge in [0.1, 0.15) is 11.4 Å². The van der Waals surface area contributed by atoms with Crippen molar-refractivity contribution in [3.05, 3.63) is 68.8 Å². The number of anilines is 1. The van der Waals surface area contributed by atoms with Gasteiger partial charge in [0, 0.05) is 18.9 Å². The van der Waals surface area contributed by atoms with Crippen molar-refractivity contribution < 1.29 is 14.3 Å². The molecule has 1 amide bonds. The quantitative estimate of drug-likeness (QED) is 0.336. The van der Waals surface area contributed by atoms with Gasteiger partial charge in [0.05, 0.1) is 38.6 Å². The molecule has 170 valence electrons. The van der Waals surface area contributed by atoms with Gasteiger partial charge in [-0.2, -0.15) is 5.10 Å². The summed E-state index contributed by atoms with van der Waals surface area (Å²) in [4.78, 5) is 39.9. The molecule has 0 spiro atoms. The number of ether oxygens (including phenoxy) is 2. The summed E-state index contributed by atoms with van der Waals surface area (Å²) in [5, 5.41) is 7.10. The Morgan fingerprint density at radius 3 is 2.81 bits per heavy atom. The maximum atomic E-state index is 12.5. The van der Waals surface area contributed by atoms with E-state index in [-0.39, 0.29) is 11.4 Å². The van der Waals surface area contributed by atoms with E-state index < -0.39 is 23.2 Å². The lowest BCUT2D eigenvalue weighted by Crippen LogP contribution is -2.34. The largest absolute Gasteiger partial charge is 0.392 e. The number of hydrogen-bond donors (Lipinski definition) is 4. The SMILES string of the molecule is COCCOCCn1cc(-c2cccc(C(C)NC(=O)c3[nH]c(=O)[nH]c(=O)c3N)c2)cn1. The van der Waals surface area contributed by atoms with Gasteiger partial charge in [0.25, 0.3) is 11.5 Å². The molecule has 0 radical (unpaired) electrons. The van der Waals surface area contributed by atoms with Gasteiger partial charge in [-0.05, 0) is 24.1 Å². The Balaban J connectivity index is 1.68. The van der Waals surface area contributed by atoms with E-state index in [4.69, 9.17) is 15.2 Å². The summed E-state index contributed by atoms with van der Waals surface area (Å²) in [5.74, 6) is -0.648. The van der Waals surface area contributed by atoms with Crippen molar-refractivity contribution in [2.75, 3.05) is 32.7 Å². The Morgan fingerprint density at radius 2 is 2.03 bits per heavy atom. The summed E-state index contributed by atoms with van der Waals surface area (Å²) in [6, 6.07) is 7.22. The molecule has 3 aromatic rings. The highest BCUT2D eigenvalue weighted by molar-refractivity contribution is 5.97. The fourth-order valence-corrected chi connectivity index (χ4v) is 3.05. The van der Waals surface area contributed by atoms with Crippen LogP contribution in [0.3, 0.4) is 0 Å². The fraction of sp³-hybridized carbons (Fsp3) is 0.333. The second-order valence-electron chi connectivity index (χ2n) is 7.11. The number of amides is 1. The monoisotopic (exact) mass is 442 g/mol. The van der Waals surface area contributed by atoms with Crippen LogP contribution in [0.4, 0.5) is 5.69 Å². The van der Waals surface area contributed by atoms with Crippen LogP contribution in [0.5, 0.6) is 0 Å². The van der Waals surface area contributed by atoms with E-state index >= 15 is 0 Å². The number of carbonyl (C=O) groups is 1. The standard InChI is InChI=1S/C21H26N6O5/c1-13(24-20(29)18-17(22)19(28)26-21(30)25-18)14-4-3-5-15(10-14)16-11-23-27(12-16)6-7-32-9-8-31-2/h3-5,10-13H,6-9,22H2,1-2H3,(H,24,29)(H2,25,26,28,30). The zero-order valence-electron chi connectivity index (χ0n) is 17.9. The zero-order valence-corrected chi connectivity index (χ0v) is 17.9. The number of carbonyl (C=O) groups excluding carboxylic acids is 1. The van der Waals surface area contributed by atoms with Gasteiger partial charge < -0.3 is 25.5 Å². The number of nitrogens with one attached hydrogen (secondary N) is 3. The van der Waals surface area contributed by atoms with Crippen LogP contribution in [0.1, 0.15) is 29.0 Å². The first-order chi connectivity index (χ1) is 15.4. The molecule has 32 heavy (non-hydrogen) atoms. The number of nitrogens with zero attached hydrogens (tertiary/aromatic N) is 2. The van der Waals surface area contributed by atoms with Crippen molar-refractivity contribution in [2.24, 2.45) is 0 Å². The van der Waals surface area contributed by atoms with Crippen LogP contribution >= 0.6 is 0 Å². The number of rotatable bonds is 10. The molecule has 0 aliphatic heterocycles.